The molecule has 0 aliphatic heterocycles. The number of hydrogen-bond donors (Lipinski definition) is 1. The molecule has 1 heterocycles. The van der Waals surface area contributed by atoms with Crippen LogP contribution in [0, 0.1) is 5.82 Å². The van der Waals surface area contributed by atoms with Crippen molar-refractivity contribution in [3.63, 3.8) is 0 Å². The van der Waals surface area contributed by atoms with E-state index < -0.39 is 5.82 Å². The standard InChI is InChI=1S/C19H18ClFN4O3S/c1-25-17(10-28-14-7-8-16(21)15(20)9-14)23-24-19(25)29-11-18(26)22-12-3-5-13(27-2)6-4-12/h3-9H,10-11H2,1-2H3,(H,22,26). The van der Waals surface area contributed by atoms with Gasteiger partial charge in [-0.3, -0.25) is 4.79 Å². The molecule has 1 N–H and O–H groups in total. The molecule has 0 radical (unpaired) electrons. The molecule has 3 rings (SSSR count). The highest BCUT2D eigenvalue weighted by Gasteiger charge is 2.13. The Labute approximate surface area is 176 Å². The monoisotopic (exact) mass is 436 g/mol. The summed E-state index contributed by atoms with van der Waals surface area (Å²) in [6.07, 6.45) is 0. The fraction of sp³-hybridized carbons (Fsp3) is 0.211. The van der Waals surface area contributed by atoms with Crippen LogP contribution in [0.5, 0.6) is 11.5 Å². The third kappa shape index (κ3) is 5.61. The van der Waals surface area contributed by atoms with E-state index in [9.17, 15) is 9.18 Å². The van der Waals surface area contributed by atoms with Gasteiger partial charge in [0.15, 0.2) is 11.0 Å². The maximum Gasteiger partial charge on any atom is 0.234 e. The van der Waals surface area contributed by atoms with Crippen molar-refractivity contribution >= 4 is 35.0 Å². The van der Waals surface area contributed by atoms with E-state index >= 15 is 0 Å². The maximum absolute atomic E-state index is 13.2. The number of nitrogens with zero attached hydrogens (tertiary/aromatic N) is 3. The lowest BCUT2D eigenvalue weighted by Crippen LogP contribution is -2.14. The molecule has 0 aliphatic rings. The molecular weight excluding hydrogens is 419 g/mol. The Morgan fingerprint density at radius 3 is 2.62 bits per heavy atom. The van der Waals surface area contributed by atoms with Gasteiger partial charge >= 0.3 is 0 Å². The van der Waals surface area contributed by atoms with Gasteiger partial charge in [0.1, 0.15) is 23.9 Å². The Morgan fingerprint density at radius 1 is 1.21 bits per heavy atom. The lowest BCUT2D eigenvalue weighted by molar-refractivity contribution is -0.113. The van der Waals surface area contributed by atoms with Gasteiger partial charge in [0.05, 0.1) is 17.9 Å². The number of carbonyl (C=O) groups is 1. The van der Waals surface area contributed by atoms with Crippen LogP contribution in [0.15, 0.2) is 47.6 Å². The molecule has 0 saturated carbocycles. The highest BCUT2D eigenvalue weighted by Crippen LogP contribution is 2.22. The van der Waals surface area contributed by atoms with E-state index in [-0.39, 0.29) is 23.3 Å². The first-order valence-corrected chi connectivity index (χ1v) is 9.85. The van der Waals surface area contributed by atoms with Gasteiger partial charge in [-0.25, -0.2) is 4.39 Å². The molecule has 0 fully saturated rings. The van der Waals surface area contributed by atoms with Crippen molar-refractivity contribution in [3.05, 3.63) is 59.1 Å². The average Bonchev–Trinajstić information content (AvgIpc) is 3.07. The van der Waals surface area contributed by atoms with Gasteiger partial charge in [-0.1, -0.05) is 23.4 Å². The molecular formula is C19H18ClFN4O3S. The van der Waals surface area contributed by atoms with E-state index in [0.29, 0.717) is 28.2 Å². The van der Waals surface area contributed by atoms with Crippen LogP contribution >= 0.6 is 23.4 Å². The van der Waals surface area contributed by atoms with Crippen LogP contribution in [0.25, 0.3) is 0 Å². The number of nitrogens with one attached hydrogen (secondary N) is 1. The number of benzene rings is 2. The molecule has 152 valence electrons. The van der Waals surface area contributed by atoms with Crippen molar-refractivity contribution < 1.29 is 18.7 Å². The Bertz CT molecular complexity index is 998. The fourth-order valence-corrected chi connectivity index (χ4v) is 3.21. The van der Waals surface area contributed by atoms with Gasteiger partial charge in [-0.05, 0) is 36.4 Å². The highest BCUT2D eigenvalue weighted by molar-refractivity contribution is 7.99. The molecule has 1 amide bonds. The van der Waals surface area contributed by atoms with Crippen molar-refractivity contribution in [2.45, 2.75) is 11.8 Å². The second kappa shape index (κ2) is 9.62. The minimum Gasteiger partial charge on any atom is -0.497 e. The highest BCUT2D eigenvalue weighted by atomic mass is 35.5. The molecule has 3 aromatic rings. The molecule has 1 aromatic heterocycles. The Kier molecular flexibility index (Phi) is 6.95. The Morgan fingerprint density at radius 2 is 1.93 bits per heavy atom. The quantitative estimate of drug-likeness (QED) is 0.539. The summed E-state index contributed by atoms with van der Waals surface area (Å²) in [5.41, 5.74) is 0.682. The second-order valence-corrected chi connectivity index (χ2v) is 7.24. The van der Waals surface area contributed by atoms with Crippen molar-refractivity contribution in [2.24, 2.45) is 7.05 Å². The summed E-state index contributed by atoms with van der Waals surface area (Å²) in [6.45, 7) is 0.129. The fourth-order valence-electron chi connectivity index (χ4n) is 2.31. The minimum absolute atomic E-state index is 0.0143. The molecule has 0 atom stereocenters. The molecule has 0 bridgehead atoms. The van der Waals surface area contributed by atoms with Crippen molar-refractivity contribution in [2.75, 3.05) is 18.2 Å². The molecule has 0 unspecified atom stereocenters. The molecule has 0 spiro atoms. The molecule has 29 heavy (non-hydrogen) atoms. The summed E-state index contributed by atoms with van der Waals surface area (Å²) in [6, 6.07) is 11.2. The van der Waals surface area contributed by atoms with Crippen molar-refractivity contribution in [1.29, 1.82) is 0 Å². The number of aromatic nitrogens is 3. The topological polar surface area (TPSA) is 78.3 Å². The SMILES string of the molecule is COc1ccc(NC(=O)CSc2nnc(COc3ccc(F)c(Cl)c3)n2C)cc1. The van der Waals surface area contributed by atoms with Gasteiger partial charge in [0, 0.05) is 18.8 Å². The number of methoxy groups -OCH3 is 1. The summed E-state index contributed by atoms with van der Waals surface area (Å²) in [5, 5.41) is 11.5. The summed E-state index contributed by atoms with van der Waals surface area (Å²) < 4.78 is 25.6. The van der Waals surface area contributed by atoms with Crippen LogP contribution < -0.4 is 14.8 Å². The third-order valence-electron chi connectivity index (χ3n) is 3.89. The normalized spacial score (nSPS) is 10.6. The van der Waals surface area contributed by atoms with Crippen LogP contribution in [0.4, 0.5) is 10.1 Å². The minimum atomic E-state index is -0.510. The number of halogens is 2. The van der Waals surface area contributed by atoms with E-state index in [2.05, 4.69) is 15.5 Å². The molecule has 2 aromatic carbocycles. The van der Waals surface area contributed by atoms with E-state index in [0.717, 1.165) is 0 Å². The molecule has 0 aliphatic carbocycles. The summed E-state index contributed by atoms with van der Waals surface area (Å²) in [5.74, 6) is 1.20. The van der Waals surface area contributed by atoms with Crippen LogP contribution in [-0.4, -0.2) is 33.5 Å². The van der Waals surface area contributed by atoms with E-state index in [1.807, 2.05) is 0 Å². The number of ether oxygens (including phenoxy) is 2. The zero-order chi connectivity index (χ0) is 20.8. The number of carbonyl (C=O) groups excluding carboxylic acids is 1. The lowest BCUT2D eigenvalue weighted by atomic mass is 10.3. The smallest absolute Gasteiger partial charge is 0.234 e. The predicted octanol–water partition coefficient (Wildman–Crippen LogP) is 3.93. The second-order valence-electron chi connectivity index (χ2n) is 5.89. The third-order valence-corrected chi connectivity index (χ3v) is 5.20. The van der Waals surface area contributed by atoms with Crippen LogP contribution in [0.3, 0.4) is 0 Å². The Balaban J connectivity index is 1.52. The van der Waals surface area contributed by atoms with Crippen LogP contribution in [-0.2, 0) is 18.4 Å². The van der Waals surface area contributed by atoms with Crippen LogP contribution in [0.2, 0.25) is 5.02 Å². The average molecular weight is 437 g/mol. The largest absolute Gasteiger partial charge is 0.497 e. The van der Waals surface area contributed by atoms with Crippen molar-refractivity contribution in [3.8, 4) is 11.5 Å². The number of rotatable bonds is 8. The van der Waals surface area contributed by atoms with Gasteiger partial charge in [-0.15, -0.1) is 10.2 Å². The van der Waals surface area contributed by atoms with E-state index in [4.69, 9.17) is 21.1 Å². The Hall–Kier alpha value is -2.78. The number of amides is 1. The first-order valence-electron chi connectivity index (χ1n) is 8.49. The van der Waals surface area contributed by atoms with Crippen molar-refractivity contribution in [1.82, 2.24) is 14.8 Å². The first-order chi connectivity index (χ1) is 14.0. The van der Waals surface area contributed by atoms with Gasteiger partial charge in [0.2, 0.25) is 5.91 Å². The van der Waals surface area contributed by atoms with E-state index in [1.165, 1.54) is 30.0 Å². The maximum atomic E-state index is 13.2. The molecule has 7 nitrogen and oxygen atoms in total. The van der Waals surface area contributed by atoms with Crippen LogP contribution in [0.1, 0.15) is 5.82 Å². The van der Waals surface area contributed by atoms with Gasteiger partial charge in [0.25, 0.3) is 0 Å². The van der Waals surface area contributed by atoms with Gasteiger partial charge < -0.3 is 19.4 Å². The molecule has 10 heteroatoms. The first kappa shape index (κ1) is 20.9. The zero-order valence-electron chi connectivity index (χ0n) is 15.7. The zero-order valence-corrected chi connectivity index (χ0v) is 17.3. The predicted molar refractivity (Wildman–Crippen MR) is 109 cm³/mol. The summed E-state index contributed by atoms with van der Waals surface area (Å²) in [7, 11) is 3.36. The summed E-state index contributed by atoms with van der Waals surface area (Å²) >= 11 is 6.99. The van der Waals surface area contributed by atoms with E-state index in [1.54, 1.807) is 43.0 Å². The van der Waals surface area contributed by atoms with Gasteiger partial charge in [-0.2, -0.15) is 0 Å². The number of hydrogen-bond acceptors (Lipinski definition) is 6. The summed E-state index contributed by atoms with van der Waals surface area (Å²) in [4.78, 5) is 12.1. The number of thioether (sulfide) groups is 1. The number of anilines is 1. The molecule has 0 saturated heterocycles. The lowest BCUT2D eigenvalue weighted by Gasteiger charge is -2.08.